The number of amides is 1. The van der Waals surface area contributed by atoms with Crippen molar-refractivity contribution in [3.8, 4) is 0 Å². The molecule has 9 nitrogen and oxygen atoms in total. The van der Waals surface area contributed by atoms with E-state index in [9.17, 15) is 18.0 Å². The molecule has 2 aromatic rings. The van der Waals surface area contributed by atoms with Gasteiger partial charge in [-0.05, 0) is 25.1 Å². The minimum atomic E-state index is -3.64. The van der Waals surface area contributed by atoms with Crippen molar-refractivity contribution in [3.05, 3.63) is 48.0 Å². The first-order valence-electron chi connectivity index (χ1n) is 8.63. The molecule has 0 aliphatic heterocycles. The van der Waals surface area contributed by atoms with Gasteiger partial charge in [-0.1, -0.05) is 19.9 Å². The van der Waals surface area contributed by atoms with Gasteiger partial charge in [-0.25, -0.2) is 18.2 Å². The summed E-state index contributed by atoms with van der Waals surface area (Å²) < 4.78 is 31.3. The third-order valence-electron chi connectivity index (χ3n) is 3.79. The smallest absolute Gasteiger partial charge is 0.359 e. The van der Waals surface area contributed by atoms with Crippen LogP contribution in [-0.4, -0.2) is 54.3 Å². The molecule has 28 heavy (non-hydrogen) atoms. The van der Waals surface area contributed by atoms with Crippen molar-refractivity contribution in [2.24, 2.45) is 0 Å². The number of esters is 1. The van der Waals surface area contributed by atoms with Gasteiger partial charge in [0.1, 0.15) is 0 Å². The third-order valence-corrected chi connectivity index (χ3v) is 5.83. The maximum Gasteiger partial charge on any atom is 0.359 e. The highest BCUT2D eigenvalue weighted by Crippen LogP contribution is 2.19. The highest BCUT2D eigenvalue weighted by molar-refractivity contribution is 7.89. The first-order chi connectivity index (χ1) is 13.3. The molecule has 1 aromatic heterocycles. The summed E-state index contributed by atoms with van der Waals surface area (Å²) in [5.74, 6) is -1.38. The Morgan fingerprint density at radius 1 is 1.14 bits per heavy atom. The number of nitrogens with zero attached hydrogens (tertiary/aromatic N) is 3. The Hall–Kier alpha value is -2.85. The van der Waals surface area contributed by atoms with E-state index in [0.29, 0.717) is 18.8 Å². The molecule has 0 unspecified atom stereocenters. The molecule has 0 bridgehead atoms. The molecule has 0 radical (unpaired) electrons. The molecule has 1 aromatic carbocycles. The summed E-state index contributed by atoms with van der Waals surface area (Å²) in [5.41, 5.74) is 0.920. The van der Waals surface area contributed by atoms with Gasteiger partial charge in [-0.15, -0.1) is 0 Å². The molecular formula is C18H22N4O5S. The lowest BCUT2D eigenvalue weighted by Crippen LogP contribution is -2.30. The lowest BCUT2D eigenvalue weighted by atomic mass is 10.3. The van der Waals surface area contributed by atoms with Crippen LogP contribution in [0.1, 0.15) is 30.0 Å². The largest absolute Gasteiger partial charge is 0.451 e. The van der Waals surface area contributed by atoms with E-state index in [0.717, 1.165) is 0 Å². The fourth-order valence-corrected chi connectivity index (χ4v) is 3.85. The van der Waals surface area contributed by atoms with Crippen LogP contribution < -0.4 is 5.32 Å². The van der Waals surface area contributed by atoms with Crippen molar-refractivity contribution in [1.29, 1.82) is 0 Å². The van der Waals surface area contributed by atoms with Gasteiger partial charge < -0.3 is 10.1 Å². The summed E-state index contributed by atoms with van der Waals surface area (Å²) in [4.78, 5) is 31.7. The number of ether oxygens (including phenoxy) is 1. The van der Waals surface area contributed by atoms with Gasteiger partial charge in [-0.2, -0.15) is 4.31 Å². The molecule has 1 heterocycles. The summed E-state index contributed by atoms with van der Waals surface area (Å²) in [6.45, 7) is 5.37. The number of hydrogen-bond donors (Lipinski definition) is 1. The van der Waals surface area contributed by atoms with Crippen LogP contribution in [0.4, 0.5) is 5.69 Å². The Morgan fingerprint density at radius 3 is 2.46 bits per heavy atom. The minimum Gasteiger partial charge on any atom is -0.451 e. The normalized spacial score (nSPS) is 11.3. The van der Waals surface area contributed by atoms with Crippen molar-refractivity contribution in [3.63, 3.8) is 0 Å². The zero-order chi connectivity index (χ0) is 20.7. The molecule has 0 aliphatic carbocycles. The van der Waals surface area contributed by atoms with Crippen molar-refractivity contribution in [2.75, 3.05) is 25.0 Å². The van der Waals surface area contributed by atoms with Gasteiger partial charge in [0.25, 0.3) is 5.91 Å². The molecule has 2 rings (SSSR count). The Bertz CT molecular complexity index is 941. The number of sulfonamides is 1. The average molecular weight is 406 g/mol. The van der Waals surface area contributed by atoms with Crippen molar-refractivity contribution >= 4 is 27.6 Å². The zero-order valence-corrected chi connectivity index (χ0v) is 16.7. The van der Waals surface area contributed by atoms with Crippen LogP contribution in [0.3, 0.4) is 0 Å². The van der Waals surface area contributed by atoms with Crippen molar-refractivity contribution < 1.29 is 22.7 Å². The molecule has 0 fully saturated rings. The molecule has 0 atom stereocenters. The second-order valence-corrected chi connectivity index (χ2v) is 7.72. The van der Waals surface area contributed by atoms with Crippen LogP contribution in [0.5, 0.6) is 0 Å². The monoisotopic (exact) mass is 406 g/mol. The molecular weight excluding hydrogens is 384 g/mol. The van der Waals surface area contributed by atoms with E-state index in [4.69, 9.17) is 4.74 Å². The van der Waals surface area contributed by atoms with Crippen LogP contribution in [0, 0.1) is 6.92 Å². The van der Waals surface area contributed by atoms with E-state index in [1.54, 1.807) is 26.8 Å². The predicted octanol–water partition coefficient (Wildman–Crippen LogP) is 1.61. The molecule has 1 N–H and O–H groups in total. The maximum absolute atomic E-state index is 12.6. The minimum absolute atomic E-state index is 0.00860. The first-order valence-corrected chi connectivity index (χ1v) is 10.1. The molecule has 0 spiro atoms. The van der Waals surface area contributed by atoms with Gasteiger partial charge >= 0.3 is 5.97 Å². The van der Waals surface area contributed by atoms with Gasteiger partial charge in [0.2, 0.25) is 10.0 Å². The van der Waals surface area contributed by atoms with E-state index in [1.165, 1.54) is 34.9 Å². The number of aryl methyl sites for hydroxylation is 1. The average Bonchev–Trinajstić information content (AvgIpc) is 2.67. The summed E-state index contributed by atoms with van der Waals surface area (Å²) in [5, 5.41) is 2.51. The summed E-state index contributed by atoms with van der Waals surface area (Å²) in [6, 6.07) is 5.89. The number of benzene rings is 1. The Balaban J connectivity index is 2.01. The molecule has 150 valence electrons. The molecule has 0 saturated carbocycles. The lowest BCUT2D eigenvalue weighted by Gasteiger charge is -2.18. The fraction of sp³-hybridized carbons (Fsp3) is 0.333. The Morgan fingerprint density at radius 2 is 1.86 bits per heavy atom. The number of anilines is 1. The van der Waals surface area contributed by atoms with Crippen LogP contribution >= 0.6 is 0 Å². The lowest BCUT2D eigenvalue weighted by molar-refractivity contribution is -0.119. The number of carbonyl (C=O) groups excluding carboxylic acids is 2. The van der Waals surface area contributed by atoms with Crippen LogP contribution in [-0.2, 0) is 19.6 Å². The van der Waals surface area contributed by atoms with Gasteiger partial charge in [0.15, 0.2) is 12.3 Å². The summed E-state index contributed by atoms with van der Waals surface area (Å²) >= 11 is 0. The van der Waals surface area contributed by atoms with Crippen LogP contribution in [0.25, 0.3) is 0 Å². The second-order valence-electron chi connectivity index (χ2n) is 5.78. The Labute approximate surface area is 163 Å². The number of aromatic nitrogens is 2. The van der Waals surface area contributed by atoms with Gasteiger partial charge in [0.05, 0.1) is 16.8 Å². The summed E-state index contributed by atoms with van der Waals surface area (Å²) in [6.07, 6.45) is 2.68. The number of nitrogens with one attached hydrogen (secondary N) is 1. The first kappa shape index (κ1) is 21.5. The topological polar surface area (TPSA) is 119 Å². The van der Waals surface area contributed by atoms with E-state index in [1.807, 2.05) is 0 Å². The third kappa shape index (κ3) is 5.33. The van der Waals surface area contributed by atoms with Gasteiger partial charge in [0, 0.05) is 25.0 Å². The predicted molar refractivity (Wildman–Crippen MR) is 102 cm³/mol. The molecule has 0 aliphatic rings. The number of carbonyl (C=O) groups is 2. The van der Waals surface area contributed by atoms with Crippen molar-refractivity contribution in [2.45, 2.75) is 25.7 Å². The number of hydrogen-bond acceptors (Lipinski definition) is 7. The van der Waals surface area contributed by atoms with E-state index in [2.05, 4.69) is 15.3 Å². The quantitative estimate of drug-likeness (QED) is 0.662. The van der Waals surface area contributed by atoms with Crippen LogP contribution in [0.2, 0.25) is 0 Å². The van der Waals surface area contributed by atoms with Gasteiger partial charge in [-0.3, -0.25) is 9.78 Å². The Kier molecular flexibility index (Phi) is 7.18. The highest BCUT2D eigenvalue weighted by atomic mass is 32.2. The highest BCUT2D eigenvalue weighted by Gasteiger charge is 2.22. The zero-order valence-electron chi connectivity index (χ0n) is 15.9. The fourth-order valence-electron chi connectivity index (χ4n) is 2.35. The maximum atomic E-state index is 12.6. The SMILES string of the molecule is CCN(CC)S(=O)(=O)c1cccc(NC(=O)COC(=O)c2cnc(C)cn2)c1. The molecule has 10 heteroatoms. The van der Waals surface area contributed by atoms with E-state index >= 15 is 0 Å². The van der Waals surface area contributed by atoms with E-state index in [-0.39, 0.29) is 16.3 Å². The second kappa shape index (κ2) is 9.38. The molecule has 0 saturated heterocycles. The van der Waals surface area contributed by atoms with E-state index < -0.39 is 28.5 Å². The van der Waals surface area contributed by atoms with Crippen molar-refractivity contribution in [1.82, 2.24) is 14.3 Å². The van der Waals surface area contributed by atoms with Crippen LogP contribution in [0.15, 0.2) is 41.6 Å². The summed E-state index contributed by atoms with van der Waals surface area (Å²) in [7, 11) is -3.64. The molecule has 1 amide bonds. The standard InChI is InChI=1S/C18H22N4O5S/c1-4-22(5-2)28(25,26)15-8-6-7-14(9-15)21-17(23)12-27-18(24)16-11-19-13(3)10-20-16/h6-11H,4-5,12H2,1-3H3,(H,21,23). The number of rotatable bonds is 8.